The second-order valence-electron chi connectivity index (χ2n) is 19.9. The number of benzene rings is 1. The molecular formula is C53H75ClN4O15S. The van der Waals surface area contributed by atoms with Crippen molar-refractivity contribution in [3.8, 4) is 5.75 Å². The number of nitrogens with one attached hydrogen (secondary N) is 1. The lowest BCUT2D eigenvalue weighted by Gasteiger charge is -2.42. The van der Waals surface area contributed by atoms with E-state index in [1.54, 1.807) is 53.1 Å². The van der Waals surface area contributed by atoms with E-state index in [1.165, 1.54) is 42.9 Å². The first-order chi connectivity index (χ1) is 35.0. The Morgan fingerprint density at radius 1 is 1.03 bits per heavy atom. The summed E-state index contributed by atoms with van der Waals surface area (Å²) in [5.41, 5.74) is -0.893. The van der Waals surface area contributed by atoms with Crippen molar-refractivity contribution >= 4 is 64.2 Å². The van der Waals surface area contributed by atoms with Crippen LogP contribution in [0, 0.1) is 5.92 Å². The van der Waals surface area contributed by atoms with Crippen LogP contribution in [0.5, 0.6) is 5.75 Å². The topological polar surface area (TPSA) is 229 Å². The van der Waals surface area contributed by atoms with E-state index in [4.69, 9.17) is 44.8 Å². The van der Waals surface area contributed by atoms with Crippen molar-refractivity contribution in [1.29, 1.82) is 0 Å². The van der Waals surface area contributed by atoms with E-state index in [0.717, 1.165) is 35.7 Å². The molecule has 0 radical (unpaired) electrons. The lowest BCUT2D eigenvalue weighted by molar-refractivity contribution is -0.162. The predicted molar refractivity (Wildman–Crippen MR) is 277 cm³/mol. The monoisotopic (exact) mass is 1070 g/mol. The molecule has 1 aromatic carbocycles. The number of ether oxygens (including phenoxy) is 7. The number of hydrogen-bond donors (Lipinski definition) is 2. The van der Waals surface area contributed by atoms with E-state index in [2.05, 4.69) is 5.32 Å². The number of carbonyl (C=O) groups excluding carboxylic acids is 7. The minimum atomic E-state index is -1.87. The zero-order valence-electron chi connectivity index (χ0n) is 44.4. The number of alkyl carbamates (subject to hydrolysis) is 1. The van der Waals surface area contributed by atoms with Crippen molar-refractivity contribution in [1.82, 2.24) is 20.0 Å². The third-order valence-corrected chi connectivity index (χ3v) is 15.5. The van der Waals surface area contributed by atoms with E-state index in [1.807, 2.05) is 31.2 Å². The van der Waals surface area contributed by atoms with Gasteiger partial charge >= 0.3 is 18.2 Å². The number of esters is 1. The van der Waals surface area contributed by atoms with Gasteiger partial charge in [-0.25, -0.2) is 14.4 Å². The van der Waals surface area contributed by atoms with Gasteiger partial charge in [-0.1, -0.05) is 73.2 Å². The van der Waals surface area contributed by atoms with E-state index in [0.29, 0.717) is 37.0 Å². The Balaban J connectivity index is 1.19. The lowest BCUT2D eigenvalue weighted by atomic mass is 9.83. The number of aliphatic hydroxyl groups is 1. The number of rotatable bonds is 16. The molecule has 0 spiro atoms. The highest BCUT2D eigenvalue weighted by Crippen LogP contribution is 2.49. The summed E-state index contributed by atoms with van der Waals surface area (Å²) in [5, 5.41) is 14.3. The van der Waals surface area contributed by atoms with Crippen molar-refractivity contribution < 1.29 is 71.8 Å². The van der Waals surface area contributed by atoms with Crippen molar-refractivity contribution in [3.63, 3.8) is 0 Å². The molecule has 410 valence electrons. The Kier molecular flexibility index (Phi) is 22.0. The number of epoxide rings is 1. The summed E-state index contributed by atoms with van der Waals surface area (Å²) in [6.45, 7) is 9.20. The van der Waals surface area contributed by atoms with Gasteiger partial charge < -0.3 is 53.0 Å². The molecule has 19 nitrogen and oxygen atoms in total. The van der Waals surface area contributed by atoms with Gasteiger partial charge in [0.25, 0.3) is 5.24 Å². The number of allylic oxidation sites excluding steroid dienone is 3. The summed E-state index contributed by atoms with van der Waals surface area (Å²) in [6.07, 6.45) is 6.38. The summed E-state index contributed by atoms with van der Waals surface area (Å²) in [6, 6.07) is 2.49. The maximum Gasteiger partial charge on any atom is 0.410 e. The largest absolute Gasteiger partial charge is 0.495 e. The zero-order valence-corrected chi connectivity index (χ0v) is 45.9. The summed E-state index contributed by atoms with van der Waals surface area (Å²) < 4.78 is 40.8. The number of halogens is 1. The van der Waals surface area contributed by atoms with Gasteiger partial charge in [0.1, 0.15) is 54.2 Å². The number of methoxy groups -OCH3 is 2. The average molecular weight is 1080 g/mol. The van der Waals surface area contributed by atoms with E-state index < -0.39 is 77.9 Å². The Morgan fingerprint density at radius 3 is 2.46 bits per heavy atom. The van der Waals surface area contributed by atoms with Crippen LogP contribution >= 0.6 is 23.4 Å². The first kappa shape index (κ1) is 59.9. The summed E-state index contributed by atoms with van der Waals surface area (Å²) in [5.74, 6) is -1.61. The summed E-state index contributed by atoms with van der Waals surface area (Å²) >= 11 is 7.69. The molecule has 0 aromatic heterocycles. The van der Waals surface area contributed by atoms with Gasteiger partial charge in [0.15, 0.2) is 11.5 Å². The second-order valence-corrected chi connectivity index (χ2v) is 21.3. The molecule has 2 saturated heterocycles. The maximum atomic E-state index is 14.1. The van der Waals surface area contributed by atoms with Crippen LogP contribution in [0.25, 0.3) is 0 Å². The van der Waals surface area contributed by atoms with Crippen molar-refractivity contribution in [2.24, 2.45) is 5.92 Å². The molecule has 21 heteroatoms. The molecule has 74 heavy (non-hydrogen) atoms. The molecule has 5 rings (SSSR count). The van der Waals surface area contributed by atoms with E-state index in [-0.39, 0.29) is 79.1 Å². The number of carbonyl (C=O) groups is 7. The number of likely N-dealkylation sites (N-methyl/N-ethyl adjacent to an activating group) is 3. The Hall–Kier alpha value is -4.99. The standard InChI is InChI=1S/C53H75ClN4O15S/c1-11-37(59)31-69-39-16-13-18-40(19-14-17-39)70-50(64)56(6)22-23-57(7)51(65)74-24-21-45(61)58(8)34(4)48(62)72-44-29-38(60)28-36-26-35(27-41(67-9)46(36)54)25-32(2)15-12-20-43(68-10)53(66)30-42(71-49(63)55-53)33(3)47-52(44,5)73-47/h12-13,15,18,20,26-27,33-34,39-40,42-44,47,66H,11,14,16-17,19,21-25,28-31H2,1-10H3,(H,55,63)/b18-13+,20-12+,32-15+/t33-,34+,39?,40?,42+,43-,44+,47+,52+,53+/m1/s1. The first-order valence-electron chi connectivity index (χ1n) is 25.2. The third-order valence-electron chi connectivity index (χ3n) is 14.2. The van der Waals surface area contributed by atoms with Crippen LogP contribution in [0.2, 0.25) is 5.02 Å². The minimum absolute atomic E-state index is 0.0569. The molecule has 4 amide bonds. The molecule has 2 fully saturated rings. The van der Waals surface area contributed by atoms with Gasteiger partial charge in [0.2, 0.25) is 5.91 Å². The number of ketones is 2. The van der Waals surface area contributed by atoms with Crippen molar-refractivity contribution in [3.05, 3.63) is 64.2 Å². The second kappa shape index (κ2) is 27.2. The van der Waals surface area contributed by atoms with Crippen LogP contribution in [0.3, 0.4) is 0 Å². The SMILES string of the molecule is CCC(=O)COC1C/C=C/C(OC(=O)N(C)CCN(C)C(=O)SCCC(=O)N(C)[C@@H](C)C(=O)O[C@H]2CC(=O)Cc3cc(cc(OC)c3Cl)C/C(C)=C/C=C/[C@@H](OC)[C@@]3(O)C[C@H](OC(=O)N3)[C@@H](C)[C@@H]3O[C@@]23C)CCC1. The molecule has 1 aromatic rings. The van der Waals surface area contributed by atoms with Crippen LogP contribution in [0.15, 0.2) is 48.1 Å². The fourth-order valence-corrected chi connectivity index (χ4v) is 10.2. The highest BCUT2D eigenvalue weighted by molar-refractivity contribution is 8.13. The average Bonchev–Trinajstić information content (AvgIpc) is 4.05. The van der Waals surface area contributed by atoms with Crippen molar-refractivity contribution in [2.75, 3.05) is 60.8 Å². The van der Waals surface area contributed by atoms with Crippen molar-refractivity contribution in [2.45, 2.75) is 153 Å². The highest BCUT2D eigenvalue weighted by Gasteiger charge is 2.64. The van der Waals surface area contributed by atoms with Gasteiger partial charge in [-0.3, -0.25) is 24.5 Å². The van der Waals surface area contributed by atoms with Crippen LogP contribution in [-0.2, 0) is 60.4 Å². The molecular weight excluding hydrogens is 1000 g/mol. The van der Waals surface area contributed by atoms with Crippen LogP contribution in [0.4, 0.5) is 14.4 Å². The van der Waals surface area contributed by atoms with Gasteiger partial charge in [0, 0.05) is 85.1 Å². The molecule has 2 unspecified atom stereocenters. The number of fused-ring (bicyclic) bond motifs is 5. The highest BCUT2D eigenvalue weighted by atomic mass is 35.5. The first-order valence-corrected chi connectivity index (χ1v) is 26.6. The molecule has 2 aliphatic heterocycles. The predicted octanol–water partition coefficient (Wildman–Crippen LogP) is 6.77. The number of Topliss-reactive ketones (excluding diaryl/α,β-unsaturated/α-hetero) is 2. The molecule has 2 N–H and O–H groups in total. The van der Waals surface area contributed by atoms with Crippen LogP contribution < -0.4 is 10.1 Å². The zero-order chi connectivity index (χ0) is 54.5. The molecule has 10 atom stereocenters. The van der Waals surface area contributed by atoms with Gasteiger partial charge in [-0.05, 0) is 76.1 Å². The maximum absolute atomic E-state index is 14.1. The molecule has 2 heterocycles. The fraction of sp³-hybridized carbons (Fsp3) is 0.642. The molecule has 4 aliphatic rings. The third kappa shape index (κ3) is 16.3. The van der Waals surface area contributed by atoms with E-state index >= 15 is 0 Å². The Morgan fingerprint density at radius 2 is 1.76 bits per heavy atom. The van der Waals surface area contributed by atoms with Gasteiger partial charge in [-0.2, -0.15) is 0 Å². The van der Waals surface area contributed by atoms with Crippen LogP contribution in [0.1, 0.15) is 97.1 Å². The molecule has 2 aliphatic carbocycles. The van der Waals surface area contributed by atoms with Gasteiger partial charge in [-0.15, -0.1) is 0 Å². The smallest absolute Gasteiger partial charge is 0.410 e. The molecule has 4 bridgehead atoms. The Labute approximate surface area is 443 Å². The quantitative estimate of drug-likeness (QED) is 0.0753. The lowest BCUT2D eigenvalue weighted by Crippen LogP contribution is -2.63. The summed E-state index contributed by atoms with van der Waals surface area (Å²) in [7, 11) is 7.53. The number of hydrogen-bond acceptors (Lipinski definition) is 16. The van der Waals surface area contributed by atoms with Gasteiger partial charge in [0.05, 0.1) is 24.3 Å². The number of nitrogens with zero attached hydrogens (tertiary/aromatic N) is 3. The summed E-state index contributed by atoms with van der Waals surface area (Å²) in [4.78, 5) is 96.3. The number of thioether (sulfide) groups is 1. The normalized spacial score (nSPS) is 29.2. The minimum Gasteiger partial charge on any atom is -0.495 e. The fourth-order valence-electron chi connectivity index (χ4n) is 9.16. The molecule has 0 saturated carbocycles. The van der Waals surface area contributed by atoms with E-state index in [9.17, 15) is 38.7 Å². The number of amides is 4. The van der Waals surface area contributed by atoms with Crippen LogP contribution in [-0.4, -0.2) is 175 Å². The Bertz CT molecular complexity index is 2300.